The van der Waals surface area contributed by atoms with E-state index in [1.807, 2.05) is 48.5 Å². The summed E-state index contributed by atoms with van der Waals surface area (Å²) in [7, 11) is 0. The van der Waals surface area contributed by atoms with Crippen LogP contribution in [0, 0.1) is 17.8 Å². The lowest BCUT2D eigenvalue weighted by Gasteiger charge is -2.34. The Morgan fingerprint density at radius 3 is 2.04 bits per heavy atom. The maximum Gasteiger partial charge on any atom is 0.410 e. The molecule has 5 nitrogen and oxygen atoms in total. The number of nitrogens with zero attached hydrogens (tertiary/aromatic N) is 1. The molecule has 3 unspecified atom stereocenters. The van der Waals surface area contributed by atoms with Crippen molar-refractivity contribution in [3.63, 3.8) is 0 Å². The molecule has 0 radical (unpaired) electrons. The number of hydrogen-bond acceptors (Lipinski definition) is 4. The van der Waals surface area contributed by atoms with E-state index >= 15 is 0 Å². The Kier molecular flexibility index (Phi) is 10.7. The third-order valence-electron chi connectivity index (χ3n) is 4.10. The van der Waals surface area contributed by atoms with Crippen molar-refractivity contribution in [1.29, 1.82) is 0 Å². The first-order valence-electron chi connectivity index (χ1n) is 8.86. The molecule has 0 aliphatic heterocycles. The average Bonchev–Trinajstić information content (AvgIpc) is 2.53. The van der Waals surface area contributed by atoms with Gasteiger partial charge in [0.15, 0.2) is 0 Å². The number of amides is 1. The average molecular weight is 329 g/mol. The van der Waals surface area contributed by atoms with Crippen molar-refractivity contribution < 1.29 is 19.1 Å². The maximum atomic E-state index is 12.3. The highest BCUT2D eigenvalue weighted by Crippen LogP contribution is 2.22. The predicted octanol–water partition coefficient (Wildman–Crippen LogP) is 4.10. The largest absolute Gasteiger partial charge is 0.465 e. The van der Waals surface area contributed by atoms with Crippen LogP contribution in [0.4, 0.5) is 4.79 Å². The highest BCUT2D eigenvalue weighted by atomic mass is 16.6. The number of esters is 1. The Morgan fingerprint density at radius 2 is 1.57 bits per heavy atom. The Morgan fingerprint density at radius 1 is 0.957 bits per heavy atom. The normalized spacial score (nSPS) is 15.0. The number of ether oxygens (including phenoxy) is 2. The van der Waals surface area contributed by atoms with Gasteiger partial charge in [0.2, 0.25) is 0 Å². The minimum Gasteiger partial charge on any atom is -0.465 e. The number of hydrogen-bond donors (Lipinski definition) is 0. The van der Waals surface area contributed by atoms with E-state index in [9.17, 15) is 9.59 Å². The lowest BCUT2D eigenvalue weighted by atomic mass is 9.89. The second-order valence-electron chi connectivity index (χ2n) is 6.72. The number of rotatable bonds is 10. The first kappa shape index (κ1) is 21.7. The molecule has 0 spiro atoms. The van der Waals surface area contributed by atoms with Gasteiger partial charge in [-0.3, -0.25) is 4.79 Å². The van der Waals surface area contributed by atoms with Gasteiger partial charge in [-0.1, -0.05) is 41.5 Å². The van der Waals surface area contributed by atoms with Crippen molar-refractivity contribution >= 4 is 12.1 Å². The summed E-state index contributed by atoms with van der Waals surface area (Å²) in [6.07, 6.45) is 1.36. The van der Waals surface area contributed by atoms with Crippen LogP contribution in [-0.2, 0) is 14.3 Å². The molecular weight excluding hydrogens is 294 g/mol. The zero-order valence-corrected chi connectivity index (χ0v) is 15.9. The van der Waals surface area contributed by atoms with Gasteiger partial charge in [0.05, 0.1) is 19.1 Å². The van der Waals surface area contributed by atoms with Gasteiger partial charge in [-0.15, -0.1) is 0 Å². The first-order valence-corrected chi connectivity index (χ1v) is 8.86. The van der Waals surface area contributed by atoms with Crippen LogP contribution in [0.2, 0.25) is 0 Å². The topological polar surface area (TPSA) is 55.8 Å². The van der Waals surface area contributed by atoms with Crippen LogP contribution < -0.4 is 0 Å². The van der Waals surface area contributed by atoms with Crippen molar-refractivity contribution in [2.45, 2.75) is 67.3 Å². The van der Waals surface area contributed by atoms with E-state index in [0.29, 0.717) is 25.7 Å². The van der Waals surface area contributed by atoms with Crippen molar-refractivity contribution in [2.24, 2.45) is 17.8 Å². The fourth-order valence-corrected chi connectivity index (χ4v) is 2.27. The van der Waals surface area contributed by atoms with Crippen LogP contribution in [0.25, 0.3) is 0 Å². The lowest BCUT2D eigenvalue weighted by Crippen LogP contribution is -2.46. The second-order valence-corrected chi connectivity index (χ2v) is 6.72. The molecular formula is C18H35NO4. The molecule has 1 amide bonds. The summed E-state index contributed by atoms with van der Waals surface area (Å²) in [6.45, 7) is 15.3. The molecule has 0 fully saturated rings. The monoisotopic (exact) mass is 329 g/mol. The summed E-state index contributed by atoms with van der Waals surface area (Å²) in [4.78, 5) is 26.1. The molecule has 0 aromatic carbocycles. The Balaban J connectivity index is 4.82. The second kappa shape index (κ2) is 11.3. The molecule has 23 heavy (non-hydrogen) atoms. The Hall–Kier alpha value is -1.26. The van der Waals surface area contributed by atoms with E-state index in [2.05, 4.69) is 0 Å². The van der Waals surface area contributed by atoms with Crippen LogP contribution in [0.5, 0.6) is 0 Å². The smallest absolute Gasteiger partial charge is 0.410 e. The predicted molar refractivity (Wildman–Crippen MR) is 92.2 cm³/mol. The van der Waals surface area contributed by atoms with Gasteiger partial charge in [0.25, 0.3) is 0 Å². The summed E-state index contributed by atoms with van der Waals surface area (Å²) in [5.41, 5.74) is 0. The molecule has 0 aliphatic rings. The van der Waals surface area contributed by atoms with Gasteiger partial charge in [0.1, 0.15) is 0 Å². The molecule has 3 atom stereocenters. The van der Waals surface area contributed by atoms with Crippen LogP contribution in [0.1, 0.15) is 61.3 Å². The van der Waals surface area contributed by atoms with Gasteiger partial charge in [-0.05, 0) is 31.6 Å². The zero-order chi connectivity index (χ0) is 18.0. The van der Waals surface area contributed by atoms with E-state index in [-0.39, 0.29) is 29.9 Å². The SMILES string of the molecule is CCCOC(=O)C(C)C(C)C(C)N(CCC)C(=O)OCC(C)C. The zero-order valence-electron chi connectivity index (χ0n) is 15.9. The molecule has 0 aromatic heterocycles. The van der Waals surface area contributed by atoms with Crippen LogP contribution in [0.15, 0.2) is 0 Å². The summed E-state index contributed by atoms with van der Waals surface area (Å²) in [6, 6.07) is -0.0845. The van der Waals surface area contributed by atoms with Gasteiger partial charge in [-0.2, -0.15) is 0 Å². The van der Waals surface area contributed by atoms with Gasteiger partial charge in [0, 0.05) is 12.6 Å². The van der Waals surface area contributed by atoms with Crippen LogP contribution in [-0.4, -0.2) is 42.8 Å². The van der Waals surface area contributed by atoms with Crippen molar-refractivity contribution in [2.75, 3.05) is 19.8 Å². The van der Waals surface area contributed by atoms with Crippen molar-refractivity contribution in [3.8, 4) is 0 Å². The van der Waals surface area contributed by atoms with Crippen LogP contribution >= 0.6 is 0 Å². The molecule has 0 saturated heterocycles. The van der Waals surface area contributed by atoms with Crippen LogP contribution in [0.3, 0.4) is 0 Å². The molecule has 0 saturated carbocycles. The summed E-state index contributed by atoms with van der Waals surface area (Å²) in [5, 5.41) is 0. The molecule has 0 rings (SSSR count). The molecule has 136 valence electrons. The molecule has 0 bridgehead atoms. The van der Waals surface area contributed by atoms with Gasteiger partial charge < -0.3 is 14.4 Å². The van der Waals surface area contributed by atoms with Gasteiger partial charge in [-0.25, -0.2) is 4.79 Å². The molecule has 0 aromatic rings. The third kappa shape index (κ3) is 7.71. The van der Waals surface area contributed by atoms with E-state index in [1.165, 1.54) is 0 Å². The van der Waals surface area contributed by atoms with E-state index in [1.54, 1.807) is 4.90 Å². The van der Waals surface area contributed by atoms with E-state index in [4.69, 9.17) is 9.47 Å². The molecule has 0 heterocycles. The Labute approximate surface area is 141 Å². The summed E-state index contributed by atoms with van der Waals surface area (Å²) >= 11 is 0. The third-order valence-corrected chi connectivity index (χ3v) is 4.10. The summed E-state index contributed by atoms with van der Waals surface area (Å²) < 4.78 is 10.6. The van der Waals surface area contributed by atoms with Gasteiger partial charge >= 0.3 is 12.1 Å². The fraction of sp³-hybridized carbons (Fsp3) is 0.889. The fourth-order valence-electron chi connectivity index (χ4n) is 2.27. The van der Waals surface area contributed by atoms with Crippen molar-refractivity contribution in [3.05, 3.63) is 0 Å². The van der Waals surface area contributed by atoms with E-state index < -0.39 is 0 Å². The van der Waals surface area contributed by atoms with Crippen molar-refractivity contribution in [1.82, 2.24) is 4.90 Å². The minimum absolute atomic E-state index is 0.00231. The number of carbonyl (C=O) groups is 2. The molecule has 5 heteroatoms. The standard InChI is InChI=1S/C18H35NO4/c1-8-10-19(18(21)23-12-13(3)4)16(7)14(5)15(6)17(20)22-11-9-2/h13-16H,8-12H2,1-7H3. The lowest BCUT2D eigenvalue weighted by molar-refractivity contribution is -0.150. The Bertz CT molecular complexity index is 357. The minimum atomic E-state index is -0.297. The summed E-state index contributed by atoms with van der Waals surface area (Å²) in [5.74, 6) is -0.150. The highest BCUT2D eigenvalue weighted by molar-refractivity contribution is 5.73. The molecule has 0 N–H and O–H groups in total. The highest BCUT2D eigenvalue weighted by Gasteiger charge is 2.32. The molecule has 0 aliphatic carbocycles. The van der Waals surface area contributed by atoms with E-state index in [0.717, 1.165) is 12.8 Å². The quantitative estimate of drug-likeness (QED) is 0.566. The number of carbonyl (C=O) groups excluding carboxylic acids is 2. The maximum absolute atomic E-state index is 12.3. The first-order chi connectivity index (χ1) is 10.8.